The fraction of sp³-hybridized carbons (Fsp3) is 0.708. The molecule has 3 unspecified atom stereocenters. The number of rotatable bonds is 7. The van der Waals surface area contributed by atoms with E-state index in [1.54, 1.807) is 27.7 Å². The van der Waals surface area contributed by atoms with Crippen molar-refractivity contribution in [1.29, 1.82) is 0 Å². The summed E-state index contributed by atoms with van der Waals surface area (Å²) >= 11 is 0. The lowest BCUT2D eigenvalue weighted by Gasteiger charge is -2.47. The van der Waals surface area contributed by atoms with E-state index in [2.05, 4.69) is 0 Å². The smallest absolute Gasteiger partial charge is 0.323 e. The van der Waals surface area contributed by atoms with Crippen LogP contribution in [0.1, 0.15) is 74.1 Å². The minimum absolute atomic E-state index is 0.0131. The Morgan fingerprint density at radius 3 is 2.57 bits per heavy atom. The van der Waals surface area contributed by atoms with Gasteiger partial charge >= 0.3 is 5.97 Å². The maximum atomic E-state index is 13.1. The molecule has 0 radical (unpaired) electrons. The molecule has 168 valence electrons. The van der Waals surface area contributed by atoms with Crippen molar-refractivity contribution in [1.82, 2.24) is 4.90 Å². The molecule has 6 nitrogen and oxygen atoms in total. The Hall–Kier alpha value is -1.79. The van der Waals surface area contributed by atoms with E-state index in [0.717, 1.165) is 14.2 Å². The third kappa shape index (κ3) is 4.75. The number of fused-ring (bicyclic) bond motifs is 3. The molecule has 0 aromatic heterocycles. The highest BCUT2D eigenvalue weighted by Crippen LogP contribution is 2.44. The van der Waals surface area contributed by atoms with Gasteiger partial charge in [0.05, 0.1) is 18.3 Å². The Bertz CT molecular complexity index is 1260. The van der Waals surface area contributed by atoms with Gasteiger partial charge in [0.15, 0.2) is 11.5 Å². The average Bonchev–Trinajstić information content (AvgIpc) is 2.84. The average molecular weight is 431 g/mol. The van der Waals surface area contributed by atoms with Crippen molar-refractivity contribution in [2.45, 2.75) is 65.0 Å². The van der Waals surface area contributed by atoms with E-state index in [1.807, 2.05) is 0 Å². The van der Waals surface area contributed by atoms with E-state index >= 15 is 0 Å². The zero-order valence-corrected chi connectivity index (χ0v) is 18.2. The van der Waals surface area contributed by atoms with Crippen LogP contribution in [0.15, 0.2) is 12.1 Å². The van der Waals surface area contributed by atoms with Gasteiger partial charge in [-0.05, 0) is 47.8 Å². The van der Waals surface area contributed by atoms with E-state index in [4.69, 9.17) is 30.9 Å². The number of benzene rings is 1. The van der Waals surface area contributed by atoms with Crippen LogP contribution in [0.4, 0.5) is 0 Å². The summed E-state index contributed by atoms with van der Waals surface area (Å²) in [6.07, 6.45) is -9.65. The van der Waals surface area contributed by atoms with Crippen molar-refractivity contribution in [2.24, 2.45) is 23.5 Å². The van der Waals surface area contributed by atoms with E-state index in [1.165, 1.54) is 0 Å². The topological polar surface area (TPSA) is 74.0 Å². The number of methoxy groups -OCH3 is 2. The molecule has 0 spiro atoms. The van der Waals surface area contributed by atoms with E-state index in [-0.39, 0.29) is 4.90 Å². The number of carbonyl (C=O) groups excluding carboxylic acids is 1. The van der Waals surface area contributed by atoms with Crippen LogP contribution in [0, 0.1) is 17.7 Å². The predicted octanol–water partition coefficient (Wildman–Crippen LogP) is 3.56. The fourth-order valence-electron chi connectivity index (χ4n) is 3.10. The second kappa shape index (κ2) is 9.56. The molecule has 2 aliphatic rings. The van der Waals surface area contributed by atoms with Crippen LogP contribution in [0.25, 0.3) is 0 Å². The molecule has 0 aliphatic carbocycles. The zero-order valence-electron chi connectivity index (χ0n) is 30.2. The highest BCUT2D eigenvalue weighted by Gasteiger charge is 2.41. The van der Waals surface area contributed by atoms with Gasteiger partial charge < -0.3 is 19.9 Å². The van der Waals surface area contributed by atoms with Crippen molar-refractivity contribution in [2.75, 3.05) is 27.2 Å². The molecule has 2 heterocycles. The SMILES string of the molecule is [2H]c1c(OC)c(OC)c([2H])c2c1C([2H])([2H])C([2H])([2H])N1C([2H])([2H])C([2H])(CC(C)C)C(OC(=O)[C@@H](N)C(C)C)C([2H])([2H])C21[2H]. The van der Waals surface area contributed by atoms with E-state index < -0.39 is 109 Å². The zero-order chi connectivity index (χ0) is 32.8. The second-order valence-electron chi connectivity index (χ2n) is 7.95. The Kier molecular flexibility index (Phi) is 3.74. The van der Waals surface area contributed by atoms with Crippen molar-refractivity contribution < 1.29 is 35.5 Å². The number of piperidine rings is 1. The highest BCUT2D eigenvalue weighted by molar-refractivity contribution is 5.76. The summed E-state index contributed by atoms with van der Waals surface area (Å²) in [6.45, 7) is -0.637. The Balaban J connectivity index is 2.60. The van der Waals surface area contributed by atoms with Crippen molar-refractivity contribution in [3.05, 3.63) is 23.2 Å². The molecule has 30 heavy (non-hydrogen) atoms. The third-order valence-electron chi connectivity index (χ3n) is 4.79. The van der Waals surface area contributed by atoms with Crippen molar-refractivity contribution >= 4 is 5.97 Å². The van der Waals surface area contributed by atoms with Gasteiger partial charge in [-0.15, -0.1) is 0 Å². The summed E-state index contributed by atoms with van der Waals surface area (Å²) in [5.41, 5.74) is 4.11. The van der Waals surface area contributed by atoms with E-state index in [0.29, 0.717) is 0 Å². The maximum absolute atomic E-state index is 13.1. The minimum atomic E-state index is -3.59. The number of nitrogens with two attached hydrogens (primary N) is 1. The molecule has 2 N–H and O–H groups in total. The third-order valence-corrected chi connectivity index (χ3v) is 4.79. The first kappa shape index (κ1) is 11.7. The first-order valence-electron chi connectivity index (χ1n) is 15.9. The summed E-state index contributed by atoms with van der Waals surface area (Å²) in [5.74, 6) is -6.01. The fourth-order valence-corrected chi connectivity index (χ4v) is 3.10. The molecule has 0 bridgehead atoms. The molecule has 0 saturated carbocycles. The number of hydrogen-bond donors (Lipinski definition) is 1. The largest absolute Gasteiger partial charge is 0.493 e. The maximum Gasteiger partial charge on any atom is 0.323 e. The lowest BCUT2D eigenvalue weighted by Crippen LogP contribution is -2.51. The van der Waals surface area contributed by atoms with Crippen LogP contribution in [-0.2, 0) is 15.9 Å². The van der Waals surface area contributed by atoms with Crippen molar-refractivity contribution in [3.63, 3.8) is 0 Å². The van der Waals surface area contributed by atoms with Crippen molar-refractivity contribution in [3.8, 4) is 11.5 Å². The van der Waals surface area contributed by atoms with Gasteiger partial charge in [-0.25, -0.2) is 0 Å². The molecule has 3 rings (SSSR count). The van der Waals surface area contributed by atoms with Gasteiger partial charge in [-0.1, -0.05) is 27.7 Å². The first-order valence-corrected chi connectivity index (χ1v) is 9.89. The monoisotopic (exact) mass is 430 g/mol. The second-order valence-corrected chi connectivity index (χ2v) is 7.95. The van der Waals surface area contributed by atoms with Gasteiger partial charge in [-0.2, -0.15) is 0 Å². The normalized spacial score (nSPS) is 42.4. The molecule has 1 aromatic carbocycles. The molecule has 1 fully saturated rings. The quantitative estimate of drug-likeness (QED) is 0.667. The molecular formula is C24H38N2O4. The van der Waals surface area contributed by atoms with Crippen LogP contribution in [0.2, 0.25) is 0 Å². The highest BCUT2D eigenvalue weighted by atomic mass is 16.5. The Morgan fingerprint density at radius 2 is 1.97 bits per heavy atom. The van der Waals surface area contributed by atoms with Crippen LogP contribution >= 0.6 is 0 Å². The summed E-state index contributed by atoms with van der Waals surface area (Å²) in [4.78, 5) is 13.1. The molecule has 1 aromatic rings. The minimum Gasteiger partial charge on any atom is -0.493 e. The molecule has 6 heteroatoms. The molecular weight excluding hydrogens is 380 g/mol. The van der Waals surface area contributed by atoms with Gasteiger partial charge in [-0.3, -0.25) is 9.69 Å². The number of nitrogens with zero attached hydrogens (tertiary/aromatic N) is 1. The van der Waals surface area contributed by atoms with Crippen LogP contribution in [0.5, 0.6) is 11.5 Å². The van der Waals surface area contributed by atoms with E-state index in [9.17, 15) is 10.3 Å². The summed E-state index contributed by atoms with van der Waals surface area (Å²) in [5, 5.41) is 0. The molecule has 1 saturated heterocycles. The summed E-state index contributed by atoms with van der Waals surface area (Å²) in [7, 11) is 2.20. The number of ether oxygens (including phenoxy) is 3. The van der Waals surface area contributed by atoms with Gasteiger partial charge in [0.2, 0.25) is 0 Å². The molecule has 4 atom stereocenters. The first-order chi connectivity index (χ1) is 18.9. The standard InChI is InChI=1S/C24H38N2O4/c1-14(2)9-17-13-26-8-7-16-10-21(28-5)22(29-6)11-18(16)19(26)12-20(17)30-24(27)23(25)15(3)4/h10-11,14-15,17,19-20,23H,7-9,12-13,25H2,1-6H3/t17?,19?,20?,23-/m0/s1/i7D2,8D2,10D,11D,12D2,13D2,17D,19D. The van der Waals surface area contributed by atoms with Gasteiger partial charge in [0, 0.05) is 43.6 Å². The van der Waals surface area contributed by atoms with Crippen LogP contribution in [-0.4, -0.2) is 50.2 Å². The lowest BCUT2D eigenvalue weighted by atomic mass is 9.79. The van der Waals surface area contributed by atoms with Gasteiger partial charge in [0.25, 0.3) is 0 Å². The number of carbonyl (C=O) groups is 1. The lowest BCUT2D eigenvalue weighted by molar-refractivity contribution is -0.160. The molecule has 2 aliphatic heterocycles. The Morgan fingerprint density at radius 1 is 1.30 bits per heavy atom. The molecule has 0 amide bonds. The Labute approximate surface area is 197 Å². The van der Waals surface area contributed by atoms with Crippen LogP contribution < -0.4 is 15.2 Å². The van der Waals surface area contributed by atoms with Gasteiger partial charge in [0.1, 0.15) is 12.1 Å². The number of hydrogen-bond acceptors (Lipinski definition) is 6. The summed E-state index contributed by atoms with van der Waals surface area (Å²) in [6, 6.07) is -6.39. The van der Waals surface area contributed by atoms with Crippen LogP contribution in [0.3, 0.4) is 0 Å². The summed E-state index contributed by atoms with van der Waals surface area (Å²) < 4.78 is 125. The number of esters is 1. The predicted molar refractivity (Wildman–Crippen MR) is 118 cm³/mol.